The topological polar surface area (TPSA) is 107 Å². The average Bonchev–Trinajstić information content (AvgIpc) is 2.43. The van der Waals surface area contributed by atoms with Crippen LogP contribution in [0, 0.1) is 5.21 Å². The maximum Gasteiger partial charge on any atom is 0.298 e. The van der Waals surface area contributed by atoms with Crippen LogP contribution in [0.5, 0.6) is 0 Å². The minimum absolute atomic E-state index is 0.00472. The van der Waals surface area contributed by atoms with E-state index in [0.717, 1.165) is 10.1 Å². The van der Waals surface area contributed by atoms with Crippen molar-refractivity contribution < 1.29 is 24.9 Å². The molecule has 1 rings (SSSR count). The van der Waals surface area contributed by atoms with Gasteiger partial charge in [-0.25, -0.2) is 5.01 Å². The van der Waals surface area contributed by atoms with Crippen LogP contribution in [0.2, 0.25) is 0 Å². The molecular weight excluding hydrogens is 218 g/mol. The van der Waals surface area contributed by atoms with Gasteiger partial charge in [0.1, 0.15) is 6.54 Å². The fourth-order valence-corrected chi connectivity index (χ4v) is 1.78. The van der Waals surface area contributed by atoms with E-state index in [1.54, 1.807) is 0 Å². The maximum atomic E-state index is 12.2. The third-order valence-corrected chi connectivity index (χ3v) is 2.43. The first-order valence-corrected chi connectivity index (χ1v) is 5.08. The molecule has 0 spiro atoms. The third-order valence-electron chi connectivity index (χ3n) is 2.43. The van der Waals surface area contributed by atoms with Gasteiger partial charge in [-0.3, -0.25) is 9.55 Å². The first-order chi connectivity index (χ1) is 7.59. The van der Waals surface area contributed by atoms with Gasteiger partial charge < -0.3 is 20.5 Å². The fourth-order valence-electron chi connectivity index (χ4n) is 1.78. The maximum absolute atomic E-state index is 12.2. The summed E-state index contributed by atoms with van der Waals surface area (Å²) >= 11 is 0. The van der Waals surface area contributed by atoms with Gasteiger partial charge in [-0.2, -0.15) is 0 Å². The Balaban J connectivity index is 2.82. The molecule has 1 fully saturated rings. The highest BCUT2D eigenvalue weighted by Crippen LogP contribution is 2.21. The zero-order valence-electron chi connectivity index (χ0n) is 8.95. The molecule has 1 heterocycles. The van der Waals surface area contributed by atoms with E-state index < -0.39 is 10.7 Å². The Morgan fingerprint density at radius 1 is 1.19 bits per heavy atom. The number of hydrogen-bond acceptors (Lipinski definition) is 6. The molecule has 8 nitrogen and oxygen atoms in total. The number of amides is 1. The Bertz CT molecular complexity index is 252. The summed E-state index contributed by atoms with van der Waals surface area (Å²) in [6.45, 7) is -1.31. The number of hydrogen-bond donors (Lipinski definition) is 3. The molecule has 0 aromatic carbocycles. The summed E-state index contributed by atoms with van der Waals surface area (Å²) in [6.07, 6.45) is 0. The van der Waals surface area contributed by atoms with Crippen molar-refractivity contribution in [2.75, 3.05) is 46.0 Å². The molecule has 0 radical (unpaired) electrons. The van der Waals surface area contributed by atoms with Crippen molar-refractivity contribution in [3.05, 3.63) is 5.21 Å². The molecule has 0 saturated carbocycles. The highest BCUT2D eigenvalue weighted by atomic mass is 16.6. The quantitative estimate of drug-likeness (QED) is 0.340. The highest BCUT2D eigenvalue weighted by Gasteiger charge is 2.44. The van der Waals surface area contributed by atoms with Crippen LogP contribution in [0.4, 0.5) is 0 Å². The molecule has 8 heteroatoms. The second-order valence-corrected chi connectivity index (χ2v) is 3.51. The summed E-state index contributed by atoms with van der Waals surface area (Å²) in [5.41, 5.74) is 0. The number of aliphatic hydroxyl groups excluding tert-OH is 3. The zero-order chi connectivity index (χ0) is 12.2. The molecule has 3 N–H and O–H groups in total. The van der Waals surface area contributed by atoms with Gasteiger partial charge in [0.05, 0.1) is 32.9 Å². The Hall–Kier alpha value is -0.770. The predicted octanol–water partition coefficient (Wildman–Crippen LogP) is -2.75. The van der Waals surface area contributed by atoms with Crippen LogP contribution < -0.4 is 0 Å². The van der Waals surface area contributed by atoms with E-state index in [9.17, 15) is 10.0 Å². The van der Waals surface area contributed by atoms with Crippen LogP contribution in [-0.4, -0.2) is 82.1 Å². The first-order valence-electron chi connectivity index (χ1n) is 5.08. The molecule has 1 saturated heterocycles. The van der Waals surface area contributed by atoms with E-state index in [1.807, 2.05) is 0 Å². The fraction of sp³-hybridized carbons (Fsp3) is 0.875. The van der Waals surface area contributed by atoms with E-state index >= 15 is 0 Å². The van der Waals surface area contributed by atoms with Crippen molar-refractivity contribution in [1.82, 2.24) is 10.1 Å². The normalized spacial score (nSPS) is 26.8. The van der Waals surface area contributed by atoms with Gasteiger partial charge in [-0.05, 0) is 0 Å². The molecular formula is C8H17N3O5. The van der Waals surface area contributed by atoms with E-state index in [4.69, 9.17) is 15.3 Å². The third kappa shape index (κ3) is 2.48. The van der Waals surface area contributed by atoms with E-state index in [1.165, 1.54) is 0 Å². The number of aliphatic hydroxyl groups is 3. The average molecular weight is 235 g/mol. The number of quaternary nitrogens is 1. The highest BCUT2D eigenvalue weighted by molar-refractivity contribution is 5.77. The van der Waals surface area contributed by atoms with Crippen molar-refractivity contribution in [1.29, 1.82) is 0 Å². The predicted molar refractivity (Wildman–Crippen MR) is 53.0 cm³/mol. The largest absolute Gasteiger partial charge is 0.610 e. The summed E-state index contributed by atoms with van der Waals surface area (Å²) in [4.78, 5) is 11.5. The lowest BCUT2D eigenvalue weighted by atomic mass is 10.5. The van der Waals surface area contributed by atoms with Crippen molar-refractivity contribution >= 4 is 5.91 Å². The molecule has 1 amide bonds. The summed E-state index contributed by atoms with van der Waals surface area (Å²) < 4.78 is -1.00. The number of carbonyl (C=O) groups excluding carboxylic acids is 1. The number of hydrazine groups is 1. The molecule has 94 valence electrons. The van der Waals surface area contributed by atoms with E-state index in [-0.39, 0.29) is 46.0 Å². The summed E-state index contributed by atoms with van der Waals surface area (Å²) in [6, 6.07) is 0. The Morgan fingerprint density at radius 3 is 2.31 bits per heavy atom. The van der Waals surface area contributed by atoms with Crippen molar-refractivity contribution in [2.45, 2.75) is 0 Å². The lowest BCUT2D eigenvalue weighted by Crippen LogP contribution is -2.57. The van der Waals surface area contributed by atoms with Crippen LogP contribution in [0.25, 0.3) is 0 Å². The minimum atomic E-state index is -1.00. The monoisotopic (exact) mass is 235 g/mol. The molecule has 1 unspecified atom stereocenters. The van der Waals surface area contributed by atoms with Gasteiger partial charge in [-0.1, -0.05) is 5.12 Å². The van der Waals surface area contributed by atoms with Crippen LogP contribution >= 0.6 is 0 Å². The van der Waals surface area contributed by atoms with E-state index in [2.05, 4.69) is 0 Å². The molecule has 1 aliphatic rings. The smallest absolute Gasteiger partial charge is 0.298 e. The van der Waals surface area contributed by atoms with Gasteiger partial charge in [0, 0.05) is 0 Å². The standard InChI is InChI=1S/C8H17N3O5/c12-4-1-9-8(15)7-11(16,3-6-14)10(9)2-5-13/h12-14H,1-7H2. The summed E-state index contributed by atoms with van der Waals surface area (Å²) in [7, 11) is 0. The van der Waals surface area contributed by atoms with Gasteiger partial charge in [-0.15, -0.1) is 0 Å². The van der Waals surface area contributed by atoms with Crippen molar-refractivity contribution in [2.24, 2.45) is 0 Å². The van der Waals surface area contributed by atoms with Crippen molar-refractivity contribution in [3.8, 4) is 0 Å². The number of nitrogens with zero attached hydrogens (tertiary/aromatic N) is 3. The Morgan fingerprint density at radius 2 is 1.81 bits per heavy atom. The van der Waals surface area contributed by atoms with Crippen LogP contribution in [0.15, 0.2) is 0 Å². The molecule has 0 aromatic heterocycles. The molecule has 0 bridgehead atoms. The first kappa shape index (κ1) is 13.3. The number of β-amino-alcohol motifs (C(OH)–C–C–N with tert-alkyl or cyclic N) is 2. The minimum Gasteiger partial charge on any atom is -0.610 e. The molecule has 1 aliphatic heterocycles. The second kappa shape index (κ2) is 5.53. The molecule has 1 atom stereocenters. The Labute approximate surface area is 93.0 Å². The van der Waals surface area contributed by atoms with Gasteiger partial charge >= 0.3 is 0 Å². The van der Waals surface area contributed by atoms with Crippen LogP contribution in [0.1, 0.15) is 0 Å². The molecule has 0 aromatic rings. The molecule has 16 heavy (non-hydrogen) atoms. The lowest BCUT2D eigenvalue weighted by Gasteiger charge is -2.43. The van der Waals surface area contributed by atoms with Gasteiger partial charge in [0.15, 0.2) is 6.54 Å². The number of rotatable bonds is 6. The van der Waals surface area contributed by atoms with E-state index in [0.29, 0.717) is 0 Å². The second-order valence-electron chi connectivity index (χ2n) is 3.51. The van der Waals surface area contributed by atoms with Gasteiger partial charge in [0.25, 0.3) is 5.91 Å². The SMILES string of the molecule is O=C1C[N+]([O-])(CCO)N(CCO)N1CCO. The lowest BCUT2D eigenvalue weighted by molar-refractivity contribution is -0.993. The number of hydroxylamine groups is 2. The summed E-state index contributed by atoms with van der Waals surface area (Å²) in [5, 5.41) is 40.9. The zero-order valence-corrected chi connectivity index (χ0v) is 8.95. The van der Waals surface area contributed by atoms with Crippen molar-refractivity contribution in [3.63, 3.8) is 0 Å². The van der Waals surface area contributed by atoms with Crippen LogP contribution in [-0.2, 0) is 4.79 Å². The summed E-state index contributed by atoms with van der Waals surface area (Å²) in [5.74, 6) is -0.411. The number of carbonyl (C=O) groups is 1. The Kier molecular flexibility index (Phi) is 4.59. The van der Waals surface area contributed by atoms with Crippen LogP contribution in [0.3, 0.4) is 0 Å². The molecule has 0 aliphatic carbocycles. The van der Waals surface area contributed by atoms with Gasteiger partial charge in [0.2, 0.25) is 0 Å².